The largest absolute Gasteiger partial charge is 0.379 e. The number of carbonyl (C=O) groups excluding carboxylic acids is 1. The van der Waals surface area contributed by atoms with E-state index in [1.807, 2.05) is 49.4 Å². The predicted octanol–water partition coefficient (Wildman–Crippen LogP) is 3.93. The smallest absolute Gasteiger partial charge is 0.241 e. The summed E-state index contributed by atoms with van der Waals surface area (Å²) in [6, 6.07) is 17.7. The summed E-state index contributed by atoms with van der Waals surface area (Å²) in [5.41, 5.74) is 8.82. The van der Waals surface area contributed by atoms with Crippen molar-refractivity contribution in [3.63, 3.8) is 0 Å². The number of hydrogen-bond donors (Lipinski definition) is 3. The first-order chi connectivity index (χ1) is 11.1. The Morgan fingerprint density at radius 3 is 2.26 bits per heavy atom. The zero-order valence-electron chi connectivity index (χ0n) is 13.8. The molecule has 0 radical (unpaired) electrons. The lowest BCUT2D eigenvalue weighted by atomic mass is 10.1. The molecule has 2 rings (SSSR count). The molecule has 0 aliphatic carbocycles. The molecule has 122 valence electrons. The second kappa shape index (κ2) is 8.34. The van der Waals surface area contributed by atoms with E-state index < -0.39 is 6.04 Å². The first kappa shape index (κ1) is 17.0. The van der Waals surface area contributed by atoms with Crippen LogP contribution in [0.3, 0.4) is 0 Å². The highest BCUT2D eigenvalue weighted by Gasteiger charge is 2.12. The minimum Gasteiger partial charge on any atom is -0.379 e. The van der Waals surface area contributed by atoms with Crippen LogP contribution in [0.25, 0.3) is 0 Å². The third-order valence-electron chi connectivity index (χ3n) is 3.77. The molecule has 0 saturated carbocycles. The summed E-state index contributed by atoms with van der Waals surface area (Å²) in [5.74, 6) is -0.134. The highest BCUT2D eigenvalue weighted by atomic mass is 16.2. The minimum atomic E-state index is -0.448. The molecule has 0 heterocycles. The maximum Gasteiger partial charge on any atom is 0.241 e. The number of amides is 1. The summed E-state index contributed by atoms with van der Waals surface area (Å²) in [7, 11) is 0. The van der Waals surface area contributed by atoms with Gasteiger partial charge in [-0.25, -0.2) is 0 Å². The van der Waals surface area contributed by atoms with E-state index in [0.717, 1.165) is 17.8 Å². The van der Waals surface area contributed by atoms with E-state index in [4.69, 9.17) is 5.73 Å². The standard InChI is InChI=1S/C19H25N3O/c1-3-7-18(20)19(23)22-17-12-10-16(11-13-17)21-14(2)15-8-5-4-6-9-15/h4-6,8-14,18,21H,3,7,20H2,1-2H3,(H,22,23). The Balaban J connectivity index is 1.93. The van der Waals surface area contributed by atoms with Crippen molar-refractivity contribution in [3.05, 3.63) is 60.2 Å². The van der Waals surface area contributed by atoms with E-state index in [1.165, 1.54) is 5.56 Å². The van der Waals surface area contributed by atoms with Gasteiger partial charge >= 0.3 is 0 Å². The van der Waals surface area contributed by atoms with E-state index >= 15 is 0 Å². The Labute approximate surface area is 138 Å². The lowest BCUT2D eigenvalue weighted by molar-refractivity contribution is -0.117. The Morgan fingerprint density at radius 2 is 1.65 bits per heavy atom. The molecule has 4 nitrogen and oxygen atoms in total. The van der Waals surface area contributed by atoms with E-state index in [0.29, 0.717) is 6.42 Å². The molecule has 2 atom stereocenters. The summed E-state index contributed by atoms with van der Waals surface area (Å²) in [6.07, 6.45) is 1.59. The van der Waals surface area contributed by atoms with Crippen molar-refractivity contribution in [2.45, 2.75) is 38.8 Å². The lowest BCUT2D eigenvalue weighted by Gasteiger charge is -2.16. The van der Waals surface area contributed by atoms with Gasteiger partial charge in [0.05, 0.1) is 6.04 Å². The van der Waals surface area contributed by atoms with Crippen molar-refractivity contribution in [1.29, 1.82) is 0 Å². The topological polar surface area (TPSA) is 67.2 Å². The number of rotatable bonds is 7. The van der Waals surface area contributed by atoms with Crippen LogP contribution in [-0.2, 0) is 4.79 Å². The van der Waals surface area contributed by atoms with Crippen molar-refractivity contribution < 1.29 is 4.79 Å². The van der Waals surface area contributed by atoms with Crippen molar-refractivity contribution in [1.82, 2.24) is 0 Å². The SMILES string of the molecule is CCCC(N)C(=O)Nc1ccc(NC(C)c2ccccc2)cc1. The lowest BCUT2D eigenvalue weighted by Crippen LogP contribution is -2.35. The summed E-state index contributed by atoms with van der Waals surface area (Å²) >= 11 is 0. The average molecular weight is 311 g/mol. The third-order valence-corrected chi connectivity index (χ3v) is 3.77. The number of carbonyl (C=O) groups is 1. The molecule has 4 heteroatoms. The second-order valence-electron chi connectivity index (χ2n) is 5.74. The minimum absolute atomic E-state index is 0.134. The zero-order valence-corrected chi connectivity index (χ0v) is 13.8. The van der Waals surface area contributed by atoms with Gasteiger partial charge in [0, 0.05) is 17.4 Å². The maximum atomic E-state index is 11.9. The second-order valence-corrected chi connectivity index (χ2v) is 5.74. The van der Waals surface area contributed by atoms with Gasteiger partial charge in [0.1, 0.15) is 0 Å². The van der Waals surface area contributed by atoms with Crippen LogP contribution in [0.5, 0.6) is 0 Å². The Kier molecular flexibility index (Phi) is 6.18. The van der Waals surface area contributed by atoms with Crippen LogP contribution in [0.15, 0.2) is 54.6 Å². The van der Waals surface area contributed by atoms with Crippen molar-refractivity contribution >= 4 is 17.3 Å². The molecule has 0 saturated heterocycles. The van der Waals surface area contributed by atoms with Gasteiger partial charge in [0.25, 0.3) is 0 Å². The van der Waals surface area contributed by atoms with Crippen LogP contribution < -0.4 is 16.4 Å². The van der Waals surface area contributed by atoms with Crippen molar-refractivity contribution in [3.8, 4) is 0 Å². The number of anilines is 2. The van der Waals surface area contributed by atoms with Gasteiger partial charge in [-0.3, -0.25) is 4.79 Å². The van der Waals surface area contributed by atoms with Crippen LogP contribution in [0.2, 0.25) is 0 Å². The third kappa shape index (κ3) is 5.11. The van der Waals surface area contributed by atoms with Crippen LogP contribution in [0, 0.1) is 0 Å². The van der Waals surface area contributed by atoms with Gasteiger partial charge < -0.3 is 16.4 Å². The summed E-state index contributed by atoms with van der Waals surface area (Å²) in [6.45, 7) is 4.14. The molecule has 1 amide bonds. The number of hydrogen-bond acceptors (Lipinski definition) is 3. The fourth-order valence-corrected chi connectivity index (χ4v) is 2.40. The van der Waals surface area contributed by atoms with Crippen molar-refractivity contribution in [2.24, 2.45) is 5.73 Å². The molecule has 0 aliphatic heterocycles. The highest BCUT2D eigenvalue weighted by Crippen LogP contribution is 2.20. The molecular weight excluding hydrogens is 286 g/mol. The zero-order chi connectivity index (χ0) is 16.7. The molecule has 2 aromatic carbocycles. The quantitative estimate of drug-likeness (QED) is 0.726. The Hall–Kier alpha value is -2.33. The first-order valence-electron chi connectivity index (χ1n) is 8.08. The van der Waals surface area contributed by atoms with Crippen molar-refractivity contribution in [2.75, 3.05) is 10.6 Å². The Morgan fingerprint density at radius 1 is 1.04 bits per heavy atom. The summed E-state index contributed by atoms with van der Waals surface area (Å²) < 4.78 is 0. The fourth-order valence-electron chi connectivity index (χ4n) is 2.40. The molecule has 4 N–H and O–H groups in total. The molecule has 0 bridgehead atoms. The maximum absolute atomic E-state index is 11.9. The van der Waals surface area contributed by atoms with Gasteiger partial charge in [0.2, 0.25) is 5.91 Å². The van der Waals surface area contributed by atoms with Crippen LogP contribution in [0.4, 0.5) is 11.4 Å². The molecular formula is C19H25N3O. The Bertz CT molecular complexity index is 610. The molecule has 2 aromatic rings. The van der Waals surface area contributed by atoms with Gasteiger partial charge in [-0.2, -0.15) is 0 Å². The predicted molar refractivity (Wildman–Crippen MR) is 96.4 cm³/mol. The normalized spacial score (nSPS) is 13.2. The molecule has 0 spiro atoms. The van der Waals surface area contributed by atoms with E-state index in [-0.39, 0.29) is 11.9 Å². The number of nitrogens with two attached hydrogens (primary N) is 1. The molecule has 0 aromatic heterocycles. The molecule has 23 heavy (non-hydrogen) atoms. The van der Waals surface area contributed by atoms with E-state index in [1.54, 1.807) is 0 Å². The van der Waals surface area contributed by atoms with Gasteiger partial charge in [-0.1, -0.05) is 43.7 Å². The van der Waals surface area contributed by atoms with Gasteiger partial charge in [0.15, 0.2) is 0 Å². The summed E-state index contributed by atoms with van der Waals surface area (Å²) in [5, 5.41) is 6.29. The molecule has 0 aliphatic rings. The molecule has 2 unspecified atom stereocenters. The first-order valence-corrected chi connectivity index (χ1v) is 8.08. The summed E-state index contributed by atoms with van der Waals surface area (Å²) in [4.78, 5) is 11.9. The van der Waals surface area contributed by atoms with E-state index in [9.17, 15) is 4.79 Å². The van der Waals surface area contributed by atoms with Crippen LogP contribution in [0.1, 0.15) is 38.3 Å². The average Bonchev–Trinajstić information content (AvgIpc) is 2.57. The monoisotopic (exact) mass is 311 g/mol. The molecule has 0 fully saturated rings. The number of benzene rings is 2. The van der Waals surface area contributed by atoms with Crippen LogP contribution in [-0.4, -0.2) is 11.9 Å². The van der Waals surface area contributed by atoms with Crippen LogP contribution >= 0.6 is 0 Å². The van der Waals surface area contributed by atoms with E-state index in [2.05, 4.69) is 29.7 Å². The van der Waals surface area contributed by atoms with Gasteiger partial charge in [-0.05, 0) is 43.2 Å². The highest BCUT2D eigenvalue weighted by molar-refractivity contribution is 5.94. The van der Waals surface area contributed by atoms with Gasteiger partial charge in [-0.15, -0.1) is 0 Å². The fraction of sp³-hybridized carbons (Fsp3) is 0.316. The number of nitrogens with one attached hydrogen (secondary N) is 2.